The first kappa shape index (κ1) is 13.0. The van der Waals surface area contributed by atoms with Crippen LogP contribution in [0.1, 0.15) is 25.7 Å². The summed E-state index contributed by atoms with van der Waals surface area (Å²) in [5.74, 6) is 1.30. The molecule has 0 aliphatic heterocycles. The minimum Gasteiger partial charge on any atom is -0.383 e. The molecule has 4 nitrogen and oxygen atoms in total. The van der Waals surface area contributed by atoms with Gasteiger partial charge in [-0.15, -0.1) is 0 Å². The maximum absolute atomic E-state index is 5.74. The van der Waals surface area contributed by atoms with Crippen molar-refractivity contribution >= 4 is 39.3 Å². The lowest BCUT2D eigenvalue weighted by Crippen LogP contribution is -2.29. The van der Waals surface area contributed by atoms with E-state index in [-0.39, 0.29) is 0 Å². The van der Waals surface area contributed by atoms with Crippen LogP contribution in [0.15, 0.2) is 10.8 Å². The average Bonchev–Trinajstić information content (AvgIpc) is 2.35. The second kappa shape index (κ2) is 5.91. The van der Waals surface area contributed by atoms with Crippen molar-refractivity contribution in [1.29, 1.82) is 0 Å². The molecular weight excluding hydrogens is 300 g/mol. The van der Waals surface area contributed by atoms with Gasteiger partial charge in [-0.3, -0.25) is 0 Å². The van der Waals surface area contributed by atoms with Gasteiger partial charge < -0.3 is 11.1 Å². The Morgan fingerprint density at radius 2 is 2.29 bits per heavy atom. The van der Waals surface area contributed by atoms with Crippen LogP contribution >= 0.6 is 27.7 Å². The normalized spacial score (nSPS) is 24.6. The van der Waals surface area contributed by atoms with Gasteiger partial charge in [0.2, 0.25) is 0 Å². The van der Waals surface area contributed by atoms with E-state index in [2.05, 4.69) is 37.5 Å². The second-order valence-corrected chi connectivity index (χ2v) is 6.22. The standard InChI is InChI=1S/C11H17BrN4S/c1-17-8-4-2-3-7(5-8)16-11-9(12)10(13)14-6-15-11/h6-8H,2-5H2,1H3,(H3,13,14,15,16). The molecule has 0 spiro atoms. The highest BCUT2D eigenvalue weighted by Gasteiger charge is 2.22. The first-order valence-corrected chi connectivity index (χ1v) is 7.84. The molecule has 0 radical (unpaired) electrons. The van der Waals surface area contributed by atoms with Crippen LogP contribution in [0.5, 0.6) is 0 Å². The smallest absolute Gasteiger partial charge is 0.146 e. The van der Waals surface area contributed by atoms with Gasteiger partial charge in [-0.1, -0.05) is 6.42 Å². The van der Waals surface area contributed by atoms with Crippen LogP contribution in [0.4, 0.5) is 11.6 Å². The number of nitrogen functional groups attached to an aromatic ring is 1. The summed E-state index contributed by atoms with van der Waals surface area (Å²) in [5, 5.41) is 4.23. The molecule has 1 saturated carbocycles. The van der Waals surface area contributed by atoms with Gasteiger partial charge in [-0.2, -0.15) is 11.8 Å². The maximum atomic E-state index is 5.74. The largest absolute Gasteiger partial charge is 0.383 e. The molecule has 3 N–H and O–H groups in total. The Morgan fingerprint density at radius 3 is 3.06 bits per heavy atom. The first-order valence-electron chi connectivity index (χ1n) is 5.76. The number of hydrogen-bond donors (Lipinski definition) is 2. The number of halogens is 1. The molecule has 1 aliphatic carbocycles. The van der Waals surface area contributed by atoms with Crippen LogP contribution in [-0.2, 0) is 0 Å². The molecule has 1 heterocycles. The van der Waals surface area contributed by atoms with Crippen LogP contribution in [0.3, 0.4) is 0 Å². The Morgan fingerprint density at radius 1 is 1.47 bits per heavy atom. The van der Waals surface area contributed by atoms with E-state index in [1.165, 1.54) is 32.0 Å². The molecule has 6 heteroatoms. The van der Waals surface area contributed by atoms with Gasteiger partial charge in [0.05, 0.1) is 0 Å². The highest BCUT2D eigenvalue weighted by Crippen LogP contribution is 2.31. The lowest BCUT2D eigenvalue weighted by Gasteiger charge is -2.29. The average molecular weight is 317 g/mol. The quantitative estimate of drug-likeness (QED) is 0.897. The molecule has 0 aromatic carbocycles. The maximum Gasteiger partial charge on any atom is 0.146 e. The van der Waals surface area contributed by atoms with Gasteiger partial charge in [0.25, 0.3) is 0 Å². The number of nitrogens with zero attached hydrogens (tertiary/aromatic N) is 2. The number of nitrogens with two attached hydrogens (primary N) is 1. The van der Waals surface area contributed by atoms with E-state index in [0.717, 1.165) is 15.5 Å². The summed E-state index contributed by atoms with van der Waals surface area (Å²) < 4.78 is 0.770. The van der Waals surface area contributed by atoms with Crippen molar-refractivity contribution in [3.05, 3.63) is 10.8 Å². The molecule has 0 amide bonds. The van der Waals surface area contributed by atoms with Crippen LogP contribution in [-0.4, -0.2) is 27.5 Å². The summed E-state index contributed by atoms with van der Waals surface area (Å²) in [6.07, 6.45) is 8.68. The van der Waals surface area contributed by atoms with Gasteiger partial charge in [0.1, 0.15) is 22.4 Å². The van der Waals surface area contributed by atoms with Crippen LogP contribution in [0.2, 0.25) is 0 Å². The van der Waals surface area contributed by atoms with Crippen molar-refractivity contribution in [2.45, 2.75) is 37.0 Å². The summed E-state index contributed by atoms with van der Waals surface area (Å²) in [6.45, 7) is 0. The van der Waals surface area contributed by atoms with Crippen molar-refractivity contribution < 1.29 is 0 Å². The van der Waals surface area contributed by atoms with E-state index in [9.17, 15) is 0 Å². The van der Waals surface area contributed by atoms with E-state index in [1.54, 1.807) is 0 Å². The summed E-state index contributed by atoms with van der Waals surface area (Å²) in [7, 11) is 0. The molecule has 1 aromatic heterocycles. The summed E-state index contributed by atoms with van der Waals surface area (Å²) in [5.41, 5.74) is 5.74. The van der Waals surface area contributed by atoms with Gasteiger partial charge >= 0.3 is 0 Å². The molecule has 94 valence electrons. The Bertz CT molecular complexity index is 388. The minimum atomic E-state index is 0.486. The van der Waals surface area contributed by atoms with E-state index in [1.807, 2.05) is 11.8 Å². The summed E-state index contributed by atoms with van der Waals surface area (Å²) in [4.78, 5) is 8.17. The number of thioether (sulfide) groups is 1. The third-order valence-corrected chi connectivity index (χ3v) is 4.99. The van der Waals surface area contributed by atoms with Crippen molar-refractivity contribution in [3.63, 3.8) is 0 Å². The van der Waals surface area contributed by atoms with Gasteiger partial charge in [-0.25, -0.2) is 9.97 Å². The Labute approximate surface area is 114 Å². The van der Waals surface area contributed by atoms with Crippen molar-refractivity contribution in [3.8, 4) is 0 Å². The van der Waals surface area contributed by atoms with E-state index >= 15 is 0 Å². The summed E-state index contributed by atoms with van der Waals surface area (Å²) in [6, 6.07) is 0.492. The molecule has 1 aromatic rings. The monoisotopic (exact) mass is 316 g/mol. The number of hydrogen-bond acceptors (Lipinski definition) is 5. The molecule has 2 unspecified atom stereocenters. The zero-order valence-corrected chi connectivity index (χ0v) is 12.2. The van der Waals surface area contributed by atoms with Crippen molar-refractivity contribution in [2.24, 2.45) is 0 Å². The predicted octanol–water partition coefficient (Wildman–Crippen LogP) is 2.91. The predicted molar refractivity (Wildman–Crippen MR) is 77.3 cm³/mol. The Kier molecular flexibility index (Phi) is 4.50. The third kappa shape index (κ3) is 3.25. The van der Waals surface area contributed by atoms with Crippen molar-refractivity contribution in [2.75, 3.05) is 17.3 Å². The molecular formula is C11H17BrN4S. The van der Waals surface area contributed by atoms with Gasteiger partial charge in [-0.05, 0) is 41.4 Å². The number of rotatable bonds is 3. The van der Waals surface area contributed by atoms with E-state index in [4.69, 9.17) is 5.73 Å². The number of nitrogens with one attached hydrogen (secondary N) is 1. The third-order valence-electron chi connectivity index (χ3n) is 3.12. The minimum absolute atomic E-state index is 0.486. The highest BCUT2D eigenvalue weighted by atomic mass is 79.9. The van der Waals surface area contributed by atoms with Gasteiger partial charge in [0, 0.05) is 11.3 Å². The van der Waals surface area contributed by atoms with E-state index < -0.39 is 0 Å². The Balaban J connectivity index is 2.02. The highest BCUT2D eigenvalue weighted by molar-refractivity contribution is 9.10. The summed E-state index contributed by atoms with van der Waals surface area (Å²) >= 11 is 5.38. The van der Waals surface area contributed by atoms with Gasteiger partial charge in [0.15, 0.2) is 0 Å². The van der Waals surface area contributed by atoms with E-state index in [0.29, 0.717) is 11.9 Å². The van der Waals surface area contributed by atoms with Crippen LogP contribution < -0.4 is 11.1 Å². The molecule has 2 rings (SSSR count). The first-order chi connectivity index (χ1) is 8.20. The zero-order chi connectivity index (χ0) is 12.3. The Hall–Kier alpha value is -0.490. The lowest BCUT2D eigenvalue weighted by atomic mass is 9.95. The fraction of sp³-hybridized carbons (Fsp3) is 0.636. The topological polar surface area (TPSA) is 63.8 Å². The molecule has 1 aliphatic rings. The second-order valence-electron chi connectivity index (χ2n) is 4.29. The number of anilines is 2. The SMILES string of the molecule is CSC1CCCC(Nc2ncnc(N)c2Br)C1. The van der Waals surface area contributed by atoms with Crippen LogP contribution in [0.25, 0.3) is 0 Å². The molecule has 2 atom stereocenters. The fourth-order valence-electron chi connectivity index (χ4n) is 2.17. The number of aromatic nitrogens is 2. The zero-order valence-electron chi connectivity index (χ0n) is 9.82. The molecule has 0 bridgehead atoms. The van der Waals surface area contributed by atoms with Crippen molar-refractivity contribution in [1.82, 2.24) is 9.97 Å². The molecule has 1 fully saturated rings. The fourth-order valence-corrected chi connectivity index (χ4v) is 3.31. The lowest BCUT2D eigenvalue weighted by molar-refractivity contribution is 0.472. The molecule has 0 saturated heterocycles. The van der Waals surface area contributed by atoms with Crippen LogP contribution in [0, 0.1) is 0 Å². The molecule has 17 heavy (non-hydrogen) atoms.